The standard InChI is InChI=1S/C20H17F2N3O3S/c21-14-1-2-16(22)18(9-14)28-11-15-10-25(7-8-27-15)20(26)17-12-29-19(24-17)13-3-5-23-6-4-13/h1-6,9,12,15H,7-8,10-11H2. The van der Waals surface area contributed by atoms with Crippen LogP contribution in [0.15, 0.2) is 48.1 Å². The third-order valence-corrected chi connectivity index (χ3v) is 5.29. The lowest BCUT2D eigenvalue weighted by molar-refractivity contribution is -0.0407. The van der Waals surface area contributed by atoms with Crippen LogP contribution in [0.2, 0.25) is 0 Å². The largest absolute Gasteiger partial charge is 0.488 e. The first-order chi connectivity index (χ1) is 14.1. The molecule has 1 aliphatic rings. The molecule has 9 heteroatoms. The summed E-state index contributed by atoms with van der Waals surface area (Å²) in [5, 5.41) is 2.46. The van der Waals surface area contributed by atoms with Gasteiger partial charge in [-0.15, -0.1) is 11.3 Å². The van der Waals surface area contributed by atoms with E-state index in [4.69, 9.17) is 9.47 Å². The molecule has 0 N–H and O–H groups in total. The van der Waals surface area contributed by atoms with E-state index >= 15 is 0 Å². The van der Waals surface area contributed by atoms with Crippen molar-refractivity contribution < 1.29 is 23.0 Å². The van der Waals surface area contributed by atoms with Gasteiger partial charge in [0.05, 0.1) is 13.2 Å². The van der Waals surface area contributed by atoms with Crippen LogP contribution in [0.3, 0.4) is 0 Å². The highest BCUT2D eigenvalue weighted by molar-refractivity contribution is 7.13. The molecule has 6 nitrogen and oxygen atoms in total. The molecule has 2 aromatic heterocycles. The summed E-state index contributed by atoms with van der Waals surface area (Å²) in [6, 6.07) is 6.68. The molecule has 29 heavy (non-hydrogen) atoms. The number of hydrogen-bond donors (Lipinski definition) is 0. The van der Waals surface area contributed by atoms with E-state index < -0.39 is 17.7 Å². The second-order valence-electron chi connectivity index (χ2n) is 6.40. The lowest BCUT2D eigenvalue weighted by atomic mass is 10.2. The van der Waals surface area contributed by atoms with Crippen molar-refractivity contribution in [2.75, 3.05) is 26.3 Å². The first-order valence-corrected chi connectivity index (χ1v) is 9.83. The number of halogens is 2. The molecule has 1 atom stereocenters. The summed E-state index contributed by atoms with van der Waals surface area (Å²) in [6.45, 7) is 1.03. The molecule has 1 saturated heterocycles. The Morgan fingerprint density at radius 3 is 2.93 bits per heavy atom. The van der Waals surface area contributed by atoms with Crippen molar-refractivity contribution in [1.82, 2.24) is 14.9 Å². The molecular weight excluding hydrogens is 400 g/mol. The van der Waals surface area contributed by atoms with E-state index in [-0.39, 0.29) is 24.8 Å². The van der Waals surface area contributed by atoms with E-state index in [0.29, 0.717) is 18.8 Å². The number of nitrogens with zero attached hydrogens (tertiary/aromatic N) is 3. The van der Waals surface area contributed by atoms with Gasteiger partial charge in [0, 0.05) is 35.9 Å². The van der Waals surface area contributed by atoms with Crippen molar-refractivity contribution in [3.8, 4) is 16.3 Å². The van der Waals surface area contributed by atoms with Crippen LogP contribution in [0.4, 0.5) is 8.78 Å². The number of carbonyl (C=O) groups excluding carboxylic acids is 1. The first kappa shape index (κ1) is 19.4. The van der Waals surface area contributed by atoms with Crippen LogP contribution in [0, 0.1) is 11.6 Å². The van der Waals surface area contributed by atoms with Gasteiger partial charge in [-0.25, -0.2) is 13.8 Å². The minimum atomic E-state index is -0.652. The number of hydrogen-bond acceptors (Lipinski definition) is 6. The van der Waals surface area contributed by atoms with Crippen molar-refractivity contribution >= 4 is 17.2 Å². The van der Waals surface area contributed by atoms with Crippen molar-refractivity contribution in [2.24, 2.45) is 0 Å². The molecule has 1 amide bonds. The fourth-order valence-corrected chi connectivity index (χ4v) is 3.74. The molecule has 0 saturated carbocycles. The number of carbonyl (C=O) groups is 1. The van der Waals surface area contributed by atoms with Crippen LogP contribution in [0.5, 0.6) is 5.75 Å². The summed E-state index contributed by atoms with van der Waals surface area (Å²) in [4.78, 5) is 22.9. The molecule has 4 rings (SSSR count). The predicted octanol–water partition coefficient (Wildman–Crippen LogP) is 3.40. The molecule has 0 aliphatic carbocycles. The maximum atomic E-state index is 13.7. The highest BCUT2D eigenvalue weighted by Gasteiger charge is 2.27. The molecule has 150 valence electrons. The Morgan fingerprint density at radius 1 is 1.28 bits per heavy atom. The molecule has 0 bridgehead atoms. The maximum absolute atomic E-state index is 13.7. The van der Waals surface area contributed by atoms with Gasteiger partial charge in [-0.2, -0.15) is 0 Å². The lowest BCUT2D eigenvalue weighted by Gasteiger charge is -2.32. The number of amides is 1. The van der Waals surface area contributed by atoms with Gasteiger partial charge in [-0.3, -0.25) is 9.78 Å². The topological polar surface area (TPSA) is 64.6 Å². The highest BCUT2D eigenvalue weighted by atomic mass is 32.1. The van der Waals surface area contributed by atoms with Crippen molar-refractivity contribution in [2.45, 2.75) is 6.10 Å². The number of thiazole rings is 1. The van der Waals surface area contributed by atoms with Crippen molar-refractivity contribution in [3.63, 3.8) is 0 Å². The van der Waals surface area contributed by atoms with Gasteiger partial charge in [0.1, 0.15) is 29.2 Å². The summed E-state index contributed by atoms with van der Waals surface area (Å²) in [5.41, 5.74) is 1.26. The minimum Gasteiger partial charge on any atom is -0.488 e. The van der Waals surface area contributed by atoms with Gasteiger partial charge in [-0.05, 0) is 24.3 Å². The van der Waals surface area contributed by atoms with Gasteiger partial charge in [-0.1, -0.05) is 0 Å². The van der Waals surface area contributed by atoms with Gasteiger partial charge < -0.3 is 14.4 Å². The quantitative estimate of drug-likeness (QED) is 0.637. The molecular formula is C20H17F2N3O3S. The number of benzene rings is 1. The second kappa shape index (κ2) is 8.62. The highest BCUT2D eigenvalue weighted by Crippen LogP contribution is 2.24. The smallest absolute Gasteiger partial charge is 0.273 e. The zero-order valence-corrected chi connectivity index (χ0v) is 16.1. The Balaban J connectivity index is 1.38. The minimum absolute atomic E-state index is 0.00346. The zero-order chi connectivity index (χ0) is 20.2. The van der Waals surface area contributed by atoms with E-state index in [2.05, 4.69) is 9.97 Å². The normalized spacial score (nSPS) is 16.6. The molecule has 3 heterocycles. The second-order valence-corrected chi connectivity index (χ2v) is 7.26. The van der Waals surface area contributed by atoms with Gasteiger partial charge in [0.15, 0.2) is 11.6 Å². The Bertz CT molecular complexity index is 1000. The average Bonchev–Trinajstić information content (AvgIpc) is 3.25. The fraction of sp³-hybridized carbons (Fsp3) is 0.250. The Labute approximate surface area is 169 Å². The van der Waals surface area contributed by atoms with Crippen LogP contribution in [-0.2, 0) is 4.74 Å². The SMILES string of the molecule is O=C(c1csc(-c2ccncc2)n1)N1CCOC(COc2cc(F)ccc2F)C1. The average molecular weight is 417 g/mol. The number of rotatable bonds is 5. The van der Waals surface area contributed by atoms with Crippen molar-refractivity contribution in [1.29, 1.82) is 0 Å². The molecule has 0 spiro atoms. The van der Waals surface area contributed by atoms with Crippen LogP contribution < -0.4 is 4.74 Å². The zero-order valence-electron chi connectivity index (χ0n) is 15.3. The van der Waals surface area contributed by atoms with Gasteiger partial charge in [0.25, 0.3) is 5.91 Å². The van der Waals surface area contributed by atoms with E-state index in [1.165, 1.54) is 11.3 Å². The van der Waals surface area contributed by atoms with Crippen LogP contribution in [0.25, 0.3) is 10.6 Å². The van der Waals surface area contributed by atoms with Crippen molar-refractivity contribution in [3.05, 3.63) is 65.4 Å². The molecule has 3 aromatic rings. The van der Waals surface area contributed by atoms with E-state index in [9.17, 15) is 13.6 Å². The molecule has 0 radical (unpaired) electrons. The first-order valence-electron chi connectivity index (χ1n) is 8.95. The molecule has 1 aliphatic heterocycles. The van der Waals surface area contributed by atoms with E-state index in [0.717, 1.165) is 28.8 Å². The van der Waals surface area contributed by atoms with Gasteiger partial charge in [0.2, 0.25) is 0 Å². The number of ether oxygens (including phenoxy) is 2. The third-order valence-electron chi connectivity index (χ3n) is 4.39. The van der Waals surface area contributed by atoms with Crippen LogP contribution >= 0.6 is 11.3 Å². The summed E-state index contributed by atoms with van der Waals surface area (Å²) in [6.07, 6.45) is 2.90. The Hall–Kier alpha value is -2.91. The Kier molecular flexibility index (Phi) is 5.77. The van der Waals surface area contributed by atoms with E-state index in [1.54, 1.807) is 22.7 Å². The van der Waals surface area contributed by atoms with Crippen LogP contribution in [-0.4, -0.2) is 53.2 Å². The van der Waals surface area contributed by atoms with Gasteiger partial charge >= 0.3 is 0 Å². The molecule has 1 aromatic carbocycles. The summed E-state index contributed by atoms with van der Waals surface area (Å²) >= 11 is 1.39. The maximum Gasteiger partial charge on any atom is 0.273 e. The monoisotopic (exact) mass is 417 g/mol. The molecule has 1 fully saturated rings. The molecule has 1 unspecified atom stereocenters. The summed E-state index contributed by atoms with van der Waals surface area (Å²) in [5.74, 6) is -1.62. The lowest BCUT2D eigenvalue weighted by Crippen LogP contribution is -2.47. The predicted molar refractivity (Wildman–Crippen MR) is 103 cm³/mol. The fourth-order valence-electron chi connectivity index (χ4n) is 2.94. The third kappa shape index (κ3) is 4.57. The number of morpholine rings is 1. The summed E-state index contributed by atoms with van der Waals surface area (Å²) < 4.78 is 37.9. The number of aromatic nitrogens is 2. The number of pyridine rings is 1. The Morgan fingerprint density at radius 2 is 2.10 bits per heavy atom. The van der Waals surface area contributed by atoms with E-state index in [1.807, 2.05) is 12.1 Å². The summed E-state index contributed by atoms with van der Waals surface area (Å²) in [7, 11) is 0. The van der Waals surface area contributed by atoms with Crippen LogP contribution in [0.1, 0.15) is 10.5 Å².